The van der Waals surface area contributed by atoms with E-state index in [9.17, 15) is 15.0 Å². The minimum absolute atomic E-state index is 0.0252. The predicted octanol–water partition coefficient (Wildman–Crippen LogP) is 2.02. The van der Waals surface area contributed by atoms with E-state index in [4.69, 9.17) is 0 Å². The van der Waals surface area contributed by atoms with Crippen LogP contribution in [0.5, 0.6) is 11.5 Å². The number of amides is 1. The van der Waals surface area contributed by atoms with Gasteiger partial charge in [0, 0.05) is 6.04 Å². The van der Waals surface area contributed by atoms with Crippen LogP contribution in [0, 0.1) is 5.92 Å². The molecule has 17 heavy (non-hydrogen) atoms. The predicted molar refractivity (Wildman–Crippen MR) is 64.0 cm³/mol. The van der Waals surface area contributed by atoms with Gasteiger partial charge < -0.3 is 15.5 Å². The van der Waals surface area contributed by atoms with E-state index < -0.39 is 0 Å². The van der Waals surface area contributed by atoms with Crippen molar-refractivity contribution in [2.75, 3.05) is 0 Å². The van der Waals surface area contributed by atoms with E-state index >= 15 is 0 Å². The smallest absolute Gasteiger partial charge is 0.255 e. The maximum Gasteiger partial charge on any atom is 0.255 e. The van der Waals surface area contributed by atoms with Crippen LogP contribution < -0.4 is 5.32 Å². The second-order valence-corrected chi connectivity index (χ2v) is 4.76. The highest BCUT2D eigenvalue weighted by atomic mass is 16.3. The van der Waals surface area contributed by atoms with Crippen molar-refractivity contribution in [1.29, 1.82) is 0 Å². The van der Waals surface area contributed by atoms with Crippen LogP contribution in [0.1, 0.15) is 36.5 Å². The van der Waals surface area contributed by atoms with E-state index in [-0.39, 0.29) is 29.0 Å². The molecule has 1 atom stereocenters. The molecule has 0 aromatic heterocycles. The molecule has 1 amide bonds. The number of phenols is 2. The summed E-state index contributed by atoms with van der Waals surface area (Å²) in [5.41, 5.74) is 0.118. The second-order valence-electron chi connectivity index (χ2n) is 4.76. The normalized spacial score (nSPS) is 16.5. The summed E-state index contributed by atoms with van der Waals surface area (Å²) < 4.78 is 0. The summed E-state index contributed by atoms with van der Waals surface area (Å²) in [6, 6.07) is 4.03. The molecule has 92 valence electrons. The molecule has 1 unspecified atom stereocenters. The van der Waals surface area contributed by atoms with Crippen molar-refractivity contribution < 1.29 is 15.0 Å². The Hall–Kier alpha value is -1.71. The standard InChI is InChI=1S/C13H17NO3/c1-8(6-9-2-3-9)14-13(17)11-7-10(15)4-5-12(11)16/h4-5,7-9,15-16H,2-3,6H2,1H3,(H,14,17). The number of aromatic hydroxyl groups is 2. The van der Waals surface area contributed by atoms with Gasteiger partial charge >= 0.3 is 0 Å². The van der Waals surface area contributed by atoms with Gasteiger partial charge in [-0.15, -0.1) is 0 Å². The highest BCUT2D eigenvalue weighted by Gasteiger charge is 2.24. The highest BCUT2D eigenvalue weighted by molar-refractivity contribution is 5.97. The van der Waals surface area contributed by atoms with E-state index in [0.29, 0.717) is 0 Å². The largest absolute Gasteiger partial charge is 0.508 e. The third-order valence-corrected chi connectivity index (χ3v) is 2.99. The van der Waals surface area contributed by atoms with Crippen LogP contribution in [-0.4, -0.2) is 22.2 Å². The lowest BCUT2D eigenvalue weighted by Gasteiger charge is -2.14. The molecule has 0 aliphatic heterocycles. The van der Waals surface area contributed by atoms with E-state index in [1.165, 1.54) is 31.0 Å². The third-order valence-electron chi connectivity index (χ3n) is 2.99. The lowest BCUT2D eigenvalue weighted by atomic mass is 10.1. The molecule has 1 saturated carbocycles. The van der Waals surface area contributed by atoms with Crippen molar-refractivity contribution in [3.63, 3.8) is 0 Å². The molecule has 0 heterocycles. The molecule has 0 bridgehead atoms. The van der Waals surface area contributed by atoms with Crippen LogP contribution in [0.3, 0.4) is 0 Å². The molecule has 2 rings (SSSR count). The molecule has 3 N–H and O–H groups in total. The number of hydrogen-bond acceptors (Lipinski definition) is 3. The Morgan fingerprint density at radius 3 is 2.82 bits per heavy atom. The lowest BCUT2D eigenvalue weighted by molar-refractivity contribution is 0.0934. The Kier molecular flexibility index (Phi) is 3.22. The fourth-order valence-electron chi connectivity index (χ4n) is 1.92. The van der Waals surface area contributed by atoms with Crippen LogP contribution in [0.4, 0.5) is 0 Å². The first-order valence-electron chi connectivity index (χ1n) is 5.89. The number of phenolic OH excluding ortho intramolecular Hbond substituents is 2. The second kappa shape index (κ2) is 4.65. The first-order valence-corrected chi connectivity index (χ1v) is 5.89. The molecule has 0 spiro atoms. The molecule has 1 aliphatic rings. The Morgan fingerprint density at radius 2 is 2.18 bits per heavy atom. The summed E-state index contributed by atoms with van der Waals surface area (Å²) >= 11 is 0. The topological polar surface area (TPSA) is 69.6 Å². The Labute approximate surface area is 100 Å². The summed E-state index contributed by atoms with van der Waals surface area (Å²) in [6.07, 6.45) is 3.47. The average molecular weight is 235 g/mol. The van der Waals surface area contributed by atoms with Gasteiger partial charge in [0.1, 0.15) is 11.5 Å². The summed E-state index contributed by atoms with van der Waals surface area (Å²) in [5.74, 6) is 0.261. The van der Waals surface area contributed by atoms with Crippen molar-refractivity contribution in [2.45, 2.75) is 32.2 Å². The summed E-state index contributed by atoms with van der Waals surface area (Å²) in [4.78, 5) is 11.8. The number of rotatable bonds is 4. The molecule has 0 saturated heterocycles. The van der Waals surface area contributed by atoms with Crippen LogP contribution in [0.2, 0.25) is 0 Å². The zero-order valence-corrected chi connectivity index (χ0v) is 9.81. The van der Waals surface area contributed by atoms with E-state index in [0.717, 1.165) is 12.3 Å². The van der Waals surface area contributed by atoms with Gasteiger partial charge in [0.05, 0.1) is 5.56 Å². The first kappa shape index (κ1) is 11.8. The number of carbonyl (C=O) groups is 1. The number of benzene rings is 1. The molecule has 0 radical (unpaired) electrons. The molecule has 1 aromatic rings. The lowest BCUT2D eigenvalue weighted by Crippen LogP contribution is -2.32. The van der Waals surface area contributed by atoms with E-state index in [2.05, 4.69) is 5.32 Å². The zero-order valence-electron chi connectivity index (χ0n) is 9.81. The van der Waals surface area contributed by atoms with Gasteiger partial charge in [-0.25, -0.2) is 0 Å². The average Bonchev–Trinajstić information content (AvgIpc) is 3.05. The van der Waals surface area contributed by atoms with Gasteiger partial charge in [0.2, 0.25) is 0 Å². The monoisotopic (exact) mass is 235 g/mol. The SMILES string of the molecule is CC(CC1CC1)NC(=O)c1cc(O)ccc1O. The van der Waals surface area contributed by atoms with Gasteiger partial charge in [-0.05, 0) is 37.5 Å². The number of nitrogens with one attached hydrogen (secondary N) is 1. The molecule has 1 aliphatic carbocycles. The van der Waals surface area contributed by atoms with Crippen molar-refractivity contribution in [3.05, 3.63) is 23.8 Å². The maximum atomic E-state index is 11.8. The Balaban J connectivity index is 2.00. The van der Waals surface area contributed by atoms with E-state index in [1.807, 2.05) is 6.92 Å². The van der Waals surface area contributed by atoms with Crippen LogP contribution in [-0.2, 0) is 0 Å². The van der Waals surface area contributed by atoms with Crippen molar-refractivity contribution in [3.8, 4) is 11.5 Å². The summed E-state index contributed by atoms with van der Waals surface area (Å²) in [7, 11) is 0. The maximum absolute atomic E-state index is 11.8. The van der Waals surface area contributed by atoms with Gasteiger partial charge in [-0.3, -0.25) is 4.79 Å². The third kappa shape index (κ3) is 3.12. The molecule has 1 fully saturated rings. The molecular formula is C13H17NO3. The molecule has 1 aromatic carbocycles. The zero-order chi connectivity index (χ0) is 12.4. The fourth-order valence-corrected chi connectivity index (χ4v) is 1.92. The first-order chi connectivity index (χ1) is 8.06. The number of carbonyl (C=O) groups excluding carboxylic acids is 1. The van der Waals surface area contributed by atoms with Crippen LogP contribution in [0.25, 0.3) is 0 Å². The van der Waals surface area contributed by atoms with Crippen LogP contribution in [0.15, 0.2) is 18.2 Å². The van der Waals surface area contributed by atoms with Crippen molar-refractivity contribution in [2.24, 2.45) is 5.92 Å². The van der Waals surface area contributed by atoms with Gasteiger partial charge in [0.15, 0.2) is 0 Å². The molecular weight excluding hydrogens is 218 g/mol. The van der Waals surface area contributed by atoms with Crippen molar-refractivity contribution >= 4 is 5.91 Å². The van der Waals surface area contributed by atoms with E-state index in [1.54, 1.807) is 0 Å². The van der Waals surface area contributed by atoms with Crippen molar-refractivity contribution in [1.82, 2.24) is 5.32 Å². The Morgan fingerprint density at radius 1 is 1.47 bits per heavy atom. The minimum atomic E-state index is -0.341. The molecule has 4 heteroatoms. The summed E-state index contributed by atoms with van der Waals surface area (Å²) in [5, 5.41) is 21.7. The quantitative estimate of drug-likeness (QED) is 0.699. The fraction of sp³-hybridized carbons (Fsp3) is 0.462. The molecule has 4 nitrogen and oxygen atoms in total. The van der Waals surface area contributed by atoms with Gasteiger partial charge in [-0.1, -0.05) is 12.8 Å². The van der Waals surface area contributed by atoms with Gasteiger partial charge in [0.25, 0.3) is 5.91 Å². The minimum Gasteiger partial charge on any atom is -0.508 e. The number of hydrogen-bond donors (Lipinski definition) is 3. The summed E-state index contributed by atoms with van der Waals surface area (Å²) in [6.45, 7) is 1.95. The van der Waals surface area contributed by atoms with Gasteiger partial charge in [-0.2, -0.15) is 0 Å². The van der Waals surface area contributed by atoms with Crippen LogP contribution >= 0.6 is 0 Å². The highest BCUT2D eigenvalue weighted by Crippen LogP contribution is 2.33. The Bertz CT molecular complexity index is 427.